The fraction of sp³-hybridized carbons (Fsp3) is 0.619. The summed E-state index contributed by atoms with van der Waals surface area (Å²) in [4.78, 5) is 26.3. The van der Waals surface area contributed by atoms with E-state index in [0.717, 1.165) is 44.2 Å². The van der Waals surface area contributed by atoms with Gasteiger partial charge in [0.25, 0.3) is 5.91 Å². The summed E-state index contributed by atoms with van der Waals surface area (Å²) in [6.07, 6.45) is -0.167. The molecule has 1 aromatic carbocycles. The van der Waals surface area contributed by atoms with Crippen LogP contribution in [-0.4, -0.2) is 42.5 Å². The first kappa shape index (κ1) is 21.6. The first-order chi connectivity index (χ1) is 13.8. The van der Waals surface area contributed by atoms with Crippen LogP contribution in [0.4, 0.5) is 13.2 Å². The maximum Gasteiger partial charge on any atom is 0.416 e. The molecule has 2 fully saturated rings. The van der Waals surface area contributed by atoms with Crippen LogP contribution in [0.2, 0.25) is 0 Å². The second-order valence-corrected chi connectivity index (χ2v) is 7.78. The number of alkyl halides is 3. The zero-order valence-corrected chi connectivity index (χ0v) is 16.3. The highest BCUT2D eigenvalue weighted by molar-refractivity contribution is 5.81. The Labute approximate surface area is 168 Å². The van der Waals surface area contributed by atoms with Gasteiger partial charge < -0.3 is 15.0 Å². The number of nitrogens with zero attached hydrogens (tertiary/aromatic N) is 1. The van der Waals surface area contributed by atoms with Gasteiger partial charge in [0.2, 0.25) is 5.91 Å². The molecule has 0 aromatic heterocycles. The van der Waals surface area contributed by atoms with Gasteiger partial charge in [-0.2, -0.15) is 13.2 Å². The molecule has 3 rings (SSSR count). The molecule has 160 valence electrons. The Morgan fingerprint density at radius 3 is 2.59 bits per heavy atom. The van der Waals surface area contributed by atoms with Gasteiger partial charge in [-0.05, 0) is 55.7 Å². The third-order valence-electron chi connectivity index (χ3n) is 5.65. The van der Waals surface area contributed by atoms with E-state index >= 15 is 0 Å². The van der Waals surface area contributed by atoms with Crippen molar-refractivity contribution in [1.29, 1.82) is 0 Å². The first-order valence-corrected chi connectivity index (χ1v) is 10.2. The summed E-state index contributed by atoms with van der Waals surface area (Å²) in [7, 11) is 0. The van der Waals surface area contributed by atoms with E-state index in [1.165, 1.54) is 6.07 Å². The van der Waals surface area contributed by atoms with Crippen LogP contribution in [0.25, 0.3) is 0 Å². The summed E-state index contributed by atoms with van der Waals surface area (Å²) >= 11 is 0. The lowest BCUT2D eigenvalue weighted by Gasteiger charge is -2.33. The number of ether oxygens (including phenoxy) is 1. The van der Waals surface area contributed by atoms with Crippen molar-refractivity contribution in [2.45, 2.75) is 57.3 Å². The molecule has 0 spiro atoms. The molecule has 0 aliphatic carbocycles. The highest BCUT2D eigenvalue weighted by Gasteiger charge is 2.31. The summed E-state index contributed by atoms with van der Waals surface area (Å²) in [5, 5.41) is 2.69. The monoisotopic (exact) mass is 412 g/mol. The predicted molar refractivity (Wildman–Crippen MR) is 101 cm³/mol. The minimum atomic E-state index is -4.39. The maximum absolute atomic E-state index is 12.7. The Kier molecular flexibility index (Phi) is 7.16. The number of nitrogens with one attached hydrogen (secondary N) is 1. The van der Waals surface area contributed by atoms with Crippen LogP contribution >= 0.6 is 0 Å². The van der Waals surface area contributed by atoms with Gasteiger partial charge in [-0.3, -0.25) is 9.59 Å². The molecule has 1 N–H and O–H groups in total. The van der Waals surface area contributed by atoms with E-state index in [1.54, 1.807) is 6.07 Å². The van der Waals surface area contributed by atoms with Crippen LogP contribution in [0.1, 0.15) is 49.7 Å². The topological polar surface area (TPSA) is 58.6 Å². The number of amides is 2. The number of carbonyl (C=O) groups excluding carboxylic acids is 2. The van der Waals surface area contributed by atoms with Gasteiger partial charge in [0.05, 0.1) is 5.56 Å². The van der Waals surface area contributed by atoms with Gasteiger partial charge in [-0.1, -0.05) is 12.1 Å². The number of carbonyl (C=O) groups is 2. The van der Waals surface area contributed by atoms with Crippen molar-refractivity contribution in [2.75, 3.05) is 19.7 Å². The predicted octanol–water partition coefficient (Wildman–Crippen LogP) is 3.52. The second kappa shape index (κ2) is 9.61. The summed E-state index contributed by atoms with van der Waals surface area (Å²) in [5.41, 5.74) is -0.289. The van der Waals surface area contributed by atoms with Crippen molar-refractivity contribution >= 4 is 11.8 Å². The van der Waals surface area contributed by atoms with Crippen LogP contribution in [0.3, 0.4) is 0 Å². The first-order valence-electron chi connectivity index (χ1n) is 10.2. The molecular weight excluding hydrogens is 385 g/mol. The smallest absolute Gasteiger partial charge is 0.368 e. The van der Waals surface area contributed by atoms with Crippen LogP contribution in [0, 0.1) is 5.92 Å². The quantitative estimate of drug-likeness (QED) is 0.778. The van der Waals surface area contributed by atoms with Gasteiger partial charge in [0, 0.05) is 32.7 Å². The number of rotatable bonds is 6. The van der Waals surface area contributed by atoms with Crippen LogP contribution < -0.4 is 5.32 Å². The molecule has 5 nitrogen and oxygen atoms in total. The van der Waals surface area contributed by atoms with Crippen molar-refractivity contribution in [2.24, 2.45) is 5.92 Å². The summed E-state index contributed by atoms with van der Waals surface area (Å²) in [6, 6.07) is 4.98. The Hall–Kier alpha value is -2.09. The second-order valence-electron chi connectivity index (χ2n) is 7.78. The zero-order chi connectivity index (χ0) is 20.9. The third kappa shape index (κ3) is 6.19. The number of likely N-dealkylation sites (tertiary alicyclic amines) is 1. The van der Waals surface area contributed by atoms with Gasteiger partial charge in [0.1, 0.15) is 6.10 Å². The molecule has 0 radical (unpaired) electrons. The van der Waals surface area contributed by atoms with Gasteiger partial charge in [-0.25, -0.2) is 0 Å². The standard InChI is InChI=1S/C21H27F3N2O3/c22-21(23,24)17-4-1-3-16(13-17)14-25-19(27)7-6-15-8-10-26(11-9-15)20(28)18-5-2-12-29-18/h1,3-4,13,15,18H,2,5-12,14H2,(H,25,27). The molecule has 1 unspecified atom stereocenters. The minimum absolute atomic E-state index is 0.0804. The highest BCUT2D eigenvalue weighted by atomic mass is 19.4. The van der Waals surface area contributed by atoms with Crippen molar-refractivity contribution < 1.29 is 27.5 Å². The molecule has 8 heteroatoms. The van der Waals surface area contributed by atoms with E-state index < -0.39 is 11.7 Å². The average Bonchev–Trinajstić information content (AvgIpc) is 3.25. The molecule has 0 saturated carbocycles. The number of halogens is 3. The molecule has 2 aliphatic rings. The molecule has 2 amide bonds. The Bertz CT molecular complexity index is 709. The number of hydrogen-bond acceptors (Lipinski definition) is 3. The van der Waals surface area contributed by atoms with Crippen molar-refractivity contribution in [3.05, 3.63) is 35.4 Å². The maximum atomic E-state index is 12.7. The van der Waals surface area contributed by atoms with Crippen molar-refractivity contribution in [3.63, 3.8) is 0 Å². The Morgan fingerprint density at radius 2 is 1.93 bits per heavy atom. The Balaban J connectivity index is 1.36. The average molecular weight is 412 g/mol. The minimum Gasteiger partial charge on any atom is -0.368 e. The highest BCUT2D eigenvalue weighted by Crippen LogP contribution is 2.29. The molecule has 29 heavy (non-hydrogen) atoms. The molecule has 0 bridgehead atoms. The normalized spacial score (nSPS) is 20.7. The number of benzene rings is 1. The lowest BCUT2D eigenvalue weighted by atomic mass is 9.91. The number of piperidine rings is 1. The van der Waals surface area contributed by atoms with Gasteiger partial charge in [-0.15, -0.1) is 0 Å². The van der Waals surface area contributed by atoms with Gasteiger partial charge in [0.15, 0.2) is 0 Å². The summed E-state index contributed by atoms with van der Waals surface area (Å²) in [6.45, 7) is 2.12. The molecule has 2 aliphatic heterocycles. The van der Waals surface area contributed by atoms with Crippen LogP contribution in [0.15, 0.2) is 24.3 Å². The van der Waals surface area contributed by atoms with E-state index in [-0.39, 0.29) is 24.5 Å². The lowest BCUT2D eigenvalue weighted by Crippen LogP contribution is -2.43. The largest absolute Gasteiger partial charge is 0.416 e. The molecular formula is C21H27F3N2O3. The van der Waals surface area contributed by atoms with E-state index in [0.29, 0.717) is 37.6 Å². The molecule has 2 heterocycles. The SMILES string of the molecule is O=C(CCC1CCN(C(=O)C2CCCO2)CC1)NCc1cccc(C(F)(F)F)c1. The van der Waals surface area contributed by atoms with E-state index in [9.17, 15) is 22.8 Å². The van der Waals surface area contributed by atoms with Crippen molar-refractivity contribution in [1.82, 2.24) is 10.2 Å². The molecule has 1 aromatic rings. The van der Waals surface area contributed by atoms with E-state index in [1.807, 2.05) is 4.90 Å². The molecule has 2 saturated heterocycles. The van der Waals surface area contributed by atoms with Crippen molar-refractivity contribution in [3.8, 4) is 0 Å². The van der Waals surface area contributed by atoms with Crippen LogP contribution in [-0.2, 0) is 27.0 Å². The lowest BCUT2D eigenvalue weighted by molar-refractivity contribution is -0.142. The number of hydrogen-bond donors (Lipinski definition) is 1. The fourth-order valence-electron chi connectivity index (χ4n) is 3.90. The zero-order valence-electron chi connectivity index (χ0n) is 16.3. The Morgan fingerprint density at radius 1 is 1.17 bits per heavy atom. The van der Waals surface area contributed by atoms with E-state index in [4.69, 9.17) is 4.74 Å². The van der Waals surface area contributed by atoms with E-state index in [2.05, 4.69) is 5.32 Å². The fourth-order valence-corrected chi connectivity index (χ4v) is 3.90. The summed E-state index contributed by atoms with van der Waals surface area (Å²) in [5.74, 6) is 0.294. The summed E-state index contributed by atoms with van der Waals surface area (Å²) < 4.78 is 43.7. The third-order valence-corrected chi connectivity index (χ3v) is 5.65. The van der Waals surface area contributed by atoms with Crippen LogP contribution in [0.5, 0.6) is 0 Å². The molecule has 1 atom stereocenters. The van der Waals surface area contributed by atoms with Gasteiger partial charge >= 0.3 is 6.18 Å².